The van der Waals surface area contributed by atoms with Crippen LogP contribution >= 0.6 is 0 Å². The minimum absolute atomic E-state index is 0.0194. The molecule has 126 valence electrons. The van der Waals surface area contributed by atoms with Gasteiger partial charge in [-0.2, -0.15) is 14.0 Å². The molecule has 0 saturated heterocycles. The predicted octanol–water partition coefficient (Wildman–Crippen LogP) is 4.49. The molecule has 4 nitrogen and oxygen atoms in total. The third kappa shape index (κ3) is 5.81. The van der Waals surface area contributed by atoms with Gasteiger partial charge in [0, 0.05) is 0 Å². The quantitative estimate of drug-likeness (QED) is 0.654. The fourth-order valence-electron chi connectivity index (χ4n) is 2.01. The van der Waals surface area contributed by atoms with Gasteiger partial charge in [-0.3, -0.25) is 0 Å². The Morgan fingerprint density at radius 2 is 1.96 bits per heavy atom. The maximum Gasteiger partial charge on any atom is 0.387 e. The first-order valence-electron chi connectivity index (χ1n) is 7.57. The van der Waals surface area contributed by atoms with Gasteiger partial charge in [-0.05, 0) is 56.1 Å². The van der Waals surface area contributed by atoms with Crippen molar-refractivity contribution in [3.8, 4) is 17.6 Å². The van der Waals surface area contributed by atoms with Gasteiger partial charge in [0.15, 0.2) is 25.9 Å². The standard InChI is InChI=1S/C16H21F2NO3Si/c1-23(2,3)22-15(9-19)12-6-7-13(21-16(17)18)14(8-12)20-10-11-4-5-11/h6-8,11,15-16H,4-5,10H2,1-3H3. The topological polar surface area (TPSA) is 51.5 Å². The molecule has 0 amide bonds. The lowest BCUT2D eigenvalue weighted by atomic mass is 10.1. The number of ether oxygens (including phenoxy) is 2. The van der Waals surface area contributed by atoms with Crippen LogP contribution in [0, 0.1) is 17.2 Å². The number of halogens is 2. The Morgan fingerprint density at radius 1 is 1.26 bits per heavy atom. The SMILES string of the molecule is C[Si](C)(C)OC(C#N)c1ccc(OC(F)F)c(OCC2CC2)c1. The summed E-state index contributed by atoms with van der Waals surface area (Å²) in [5.74, 6) is 0.686. The van der Waals surface area contributed by atoms with E-state index in [0.717, 1.165) is 12.8 Å². The normalized spacial score (nSPS) is 16.0. The van der Waals surface area contributed by atoms with Crippen molar-refractivity contribution in [3.05, 3.63) is 23.8 Å². The van der Waals surface area contributed by atoms with Gasteiger partial charge in [-0.25, -0.2) is 0 Å². The number of nitriles is 1. The Balaban J connectivity index is 2.22. The highest BCUT2D eigenvalue weighted by atomic mass is 28.4. The molecule has 1 atom stereocenters. The Kier molecular flexibility index (Phi) is 5.60. The van der Waals surface area contributed by atoms with Crippen LogP contribution in [0.3, 0.4) is 0 Å². The number of benzene rings is 1. The minimum Gasteiger partial charge on any atom is -0.489 e. The molecule has 0 radical (unpaired) electrons. The zero-order chi connectivity index (χ0) is 17.0. The molecule has 1 aromatic rings. The van der Waals surface area contributed by atoms with E-state index in [-0.39, 0.29) is 11.5 Å². The van der Waals surface area contributed by atoms with Gasteiger partial charge < -0.3 is 13.9 Å². The van der Waals surface area contributed by atoms with Gasteiger partial charge >= 0.3 is 6.61 Å². The fourth-order valence-corrected chi connectivity index (χ4v) is 2.90. The number of hydrogen-bond donors (Lipinski definition) is 0. The molecule has 0 aromatic heterocycles. The van der Waals surface area contributed by atoms with Crippen molar-refractivity contribution in [3.63, 3.8) is 0 Å². The molecule has 1 aromatic carbocycles. The van der Waals surface area contributed by atoms with Crippen LogP contribution in [0.2, 0.25) is 19.6 Å². The van der Waals surface area contributed by atoms with Crippen molar-refractivity contribution in [2.24, 2.45) is 5.92 Å². The van der Waals surface area contributed by atoms with Gasteiger partial charge in [0.05, 0.1) is 12.7 Å². The first kappa shape index (κ1) is 17.7. The van der Waals surface area contributed by atoms with Crippen molar-refractivity contribution < 1.29 is 22.7 Å². The third-order valence-corrected chi connectivity index (χ3v) is 4.19. The van der Waals surface area contributed by atoms with E-state index in [9.17, 15) is 14.0 Å². The summed E-state index contributed by atoms with van der Waals surface area (Å²) in [5, 5.41) is 9.33. The molecule has 1 aliphatic rings. The second-order valence-electron chi connectivity index (χ2n) is 6.58. The van der Waals surface area contributed by atoms with Crippen LogP contribution in [0.4, 0.5) is 8.78 Å². The number of rotatable bonds is 8. The Labute approximate surface area is 136 Å². The molecule has 1 aliphatic carbocycles. The smallest absolute Gasteiger partial charge is 0.387 e. The Morgan fingerprint density at radius 3 is 2.48 bits per heavy atom. The zero-order valence-electron chi connectivity index (χ0n) is 13.5. The van der Waals surface area contributed by atoms with Crippen LogP contribution in [0.25, 0.3) is 0 Å². The van der Waals surface area contributed by atoms with Crippen LogP contribution in [0.5, 0.6) is 11.5 Å². The van der Waals surface area contributed by atoms with Gasteiger partial charge in [0.2, 0.25) is 0 Å². The van der Waals surface area contributed by atoms with Crippen LogP contribution in [0.1, 0.15) is 24.5 Å². The summed E-state index contributed by atoms with van der Waals surface area (Å²) in [7, 11) is -1.92. The van der Waals surface area contributed by atoms with Crippen LogP contribution in [0.15, 0.2) is 18.2 Å². The average Bonchev–Trinajstić information content (AvgIpc) is 3.26. The highest BCUT2D eigenvalue weighted by Crippen LogP contribution is 2.36. The van der Waals surface area contributed by atoms with Gasteiger partial charge in [0.25, 0.3) is 0 Å². The van der Waals surface area contributed by atoms with Gasteiger partial charge in [0.1, 0.15) is 0 Å². The average molecular weight is 341 g/mol. The highest BCUT2D eigenvalue weighted by Gasteiger charge is 2.25. The van der Waals surface area contributed by atoms with Crippen molar-refractivity contribution >= 4 is 8.32 Å². The maximum atomic E-state index is 12.5. The van der Waals surface area contributed by atoms with Crippen molar-refractivity contribution in [2.45, 2.75) is 45.2 Å². The largest absolute Gasteiger partial charge is 0.489 e. The lowest BCUT2D eigenvalue weighted by Gasteiger charge is -2.22. The molecule has 2 rings (SSSR count). The first-order valence-corrected chi connectivity index (χ1v) is 11.0. The van der Waals surface area contributed by atoms with Crippen molar-refractivity contribution in [1.82, 2.24) is 0 Å². The van der Waals surface area contributed by atoms with Crippen molar-refractivity contribution in [1.29, 1.82) is 5.26 Å². The molecular formula is C16H21F2NO3Si. The lowest BCUT2D eigenvalue weighted by molar-refractivity contribution is -0.0515. The van der Waals surface area contributed by atoms with E-state index in [0.29, 0.717) is 18.1 Å². The minimum atomic E-state index is -2.92. The second kappa shape index (κ2) is 7.28. The number of hydrogen-bond acceptors (Lipinski definition) is 4. The van der Waals surface area contributed by atoms with E-state index >= 15 is 0 Å². The monoisotopic (exact) mass is 341 g/mol. The van der Waals surface area contributed by atoms with Gasteiger partial charge in [-0.15, -0.1) is 0 Å². The summed E-state index contributed by atoms with van der Waals surface area (Å²) >= 11 is 0. The molecule has 1 unspecified atom stereocenters. The molecule has 0 heterocycles. The fraction of sp³-hybridized carbons (Fsp3) is 0.562. The third-order valence-electron chi connectivity index (χ3n) is 3.25. The van der Waals surface area contributed by atoms with Crippen LogP contribution in [-0.4, -0.2) is 21.5 Å². The summed E-state index contributed by atoms with van der Waals surface area (Å²) < 4.78 is 40.9. The summed E-state index contributed by atoms with van der Waals surface area (Å²) in [4.78, 5) is 0. The van der Waals surface area contributed by atoms with Crippen molar-refractivity contribution in [2.75, 3.05) is 6.61 Å². The van der Waals surface area contributed by atoms with E-state index in [1.165, 1.54) is 6.07 Å². The summed E-state index contributed by atoms with van der Waals surface area (Å²) in [5.41, 5.74) is 0.585. The molecule has 0 aliphatic heterocycles. The summed E-state index contributed by atoms with van der Waals surface area (Å²) in [6, 6.07) is 6.64. The lowest BCUT2D eigenvalue weighted by Crippen LogP contribution is -2.27. The van der Waals surface area contributed by atoms with Gasteiger partial charge in [-0.1, -0.05) is 6.07 Å². The number of alkyl halides is 2. The maximum absolute atomic E-state index is 12.5. The van der Waals surface area contributed by atoms with E-state index in [1.54, 1.807) is 12.1 Å². The molecular weight excluding hydrogens is 320 g/mol. The summed E-state index contributed by atoms with van der Waals surface area (Å²) in [6.07, 6.45) is 1.43. The van der Waals surface area contributed by atoms with Crippen LogP contribution < -0.4 is 9.47 Å². The highest BCUT2D eigenvalue weighted by molar-refractivity contribution is 6.69. The first-order chi connectivity index (χ1) is 10.8. The molecule has 0 spiro atoms. The van der Waals surface area contributed by atoms with Crippen LogP contribution in [-0.2, 0) is 4.43 Å². The molecule has 0 bridgehead atoms. The Hall–Kier alpha value is -1.65. The zero-order valence-corrected chi connectivity index (χ0v) is 14.5. The van der Waals surface area contributed by atoms with E-state index in [4.69, 9.17) is 9.16 Å². The molecule has 23 heavy (non-hydrogen) atoms. The predicted molar refractivity (Wildman–Crippen MR) is 84.1 cm³/mol. The van der Waals surface area contributed by atoms with E-state index in [2.05, 4.69) is 10.8 Å². The Bertz CT molecular complexity index is 580. The molecule has 1 saturated carbocycles. The van der Waals surface area contributed by atoms with E-state index < -0.39 is 21.0 Å². The summed E-state index contributed by atoms with van der Waals surface area (Å²) in [6.45, 7) is 3.49. The molecule has 1 fully saturated rings. The second-order valence-corrected chi connectivity index (χ2v) is 11.0. The number of nitrogens with zero attached hydrogens (tertiary/aromatic N) is 1. The van der Waals surface area contributed by atoms with E-state index in [1.807, 2.05) is 19.6 Å². The molecule has 0 N–H and O–H groups in total. The molecule has 7 heteroatoms.